The van der Waals surface area contributed by atoms with Gasteiger partial charge >= 0.3 is 0 Å². The number of hydrogen-bond donors (Lipinski definition) is 1. The topological polar surface area (TPSA) is 55.4 Å². The van der Waals surface area contributed by atoms with E-state index in [0.29, 0.717) is 16.9 Å². The SMILES string of the molecule is CC[C@@H](NS(=O)(=O)c1cc(C(C)C)c(OC)cc1C)c1ccc(C)c(C)c1. The zero-order valence-corrected chi connectivity index (χ0v) is 18.2. The van der Waals surface area contributed by atoms with E-state index < -0.39 is 10.0 Å². The van der Waals surface area contributed by atoms with Gasteiger partial charge in [-0.25, -0.2) is 13.1 Å². The second-order valence-electron chi connectivity index (χ2n) is 7.44. The van der Waals surface area contributed by atoms with Gasteiger partial charge < -0.3 is 4.74 Å². The molecule has 27 heavy (non-hydrogen) atoms. The second-order valence-corrected chi connectivity index (χ2v) is 9.12. The van der Waals surface area contributed by atoms with E-state index in [1.54, 1.807) is 26.2 Å². The summed E-state index contributed by atoms with van der Waals surface area (Å²) in [5.74, 6) is 0.888. The van der Waals surface area contributed by atoms with Crippen molar-refractivity contribution in [1.82, 2.24) is 4.72 Å². The van der Waals surface area contributed by atoms with Crippen molar-refractivity contribution in [1.29, 1.82) is 0 Å². The number of ether oxygens (including phenoxy) is 1. The van der Waals surface area contributed by atoms with Gasteiger partial charge in [0, 0.05) is 6.04 Å². The molecule has 5 heteroatoms. The number of aryl methyl sites for hydroxylation is 3. The Hall–Kier alpha value is -1.85. The number of hydrogen-bond acceptors (Lipinski definition) is 3. The van der Waals surface area contributed by atoms with E-state index in [9.17, 15) is 8.42 Å². The van der Waals surface area contributed by atoms with Gasteiger partial charge in [-0.3, -0.25) is 0 Å². The van der Waals surface area contributed by atoms with Crippen molar-refractivity contribution in [3.05, 3.63) is 58.1 Å². The maximum Gasteiger partial charge on any atom is 0.241 e. The predicted octanol–water partition coefficient (Wildman–Crippen LogP) is 5.17. The predicted molar refractivity (Wildman–Crippen MR) is 111 cm³/mol. The average molecular weight is 390 g/mol. The lowest BCUT2D eigenvalue weighted by molar-refractivity contribution is 0.406. The Bertz CT molecular complexity index is 917. The Morgan fingerprint density at radius 2 is 1.67 bits per heavy atom. The molecule has 148 valence electrons. The van der Waals surface area contributed by atoms with E-state index in [0.717, 1.165) is 22.4 Å². The van der Waals surface area contributed by atoms with Crippen molar-refractivity contribution in [3.63, 3.8) is 0 Å². The van der Waals surface area contributed by atoms with Gasteiger partial charge in [-0.2, -0.15) is 0 Å². The van der Waals surface area contributed by atoms with Gasteiger partial charge in [0.25, 0.3) is 0 Å². The monoisotopic (exact) mass is 389 g/mol. The van der Waals surface area contributed by atoms with Crippen LogP contribution in [0.5, 0.6) is 5.75 Å². The molecule has 0 aliphatic heterocycles. The lowest BCUT2D eigenvalue weighted by Crippen LogP contribution is -2.29. The fraction of sp³-hybridized carbons (Fsp3) is 0.455. The fourth-order valence-corrected chi connectivity index (χ4v) is 4.78. The third kappa shape index (κ3) is 4.71. The van der Waals surface area contributed by atoms with Crippen LogP contribution >= 0.6 is 0 Å². The molecule has 0 aliphatic carbocycles. The summed E-state index contributed by atoms with van der Waals surface area (Å²) in [5, 5.41) is 0. The zero-order chi connectivity index (χ0) is 20.4. The molecule has 4 nitrogen and oxygen atoms in total. The Morgan fingerprint density at radius 1 is 1.00 bits per heavy atom. The van der Waals surface area contributed by atoms with E-state index in [-0.39, 0.29) is 12.0 Å². The van der Waals surface area contributed by atoms with Crippen LogP contribution in [-0.4, -0.2) is 15.5 Å². The van der Waals surface area contributed by atoms with Crippen molar-refractivity contribution in [2.75, 3.05) is 7.11 Å². The fourth-order valence-electron chi connectivity index (χ4n) is 3.21. The average Bonchev–Trinajstić information content (AvgIpc) is 2.61. The molecule has 0 bridgehead atoms. The highest BCUT2D eigenvalue weighted by Crippen LogP contribution is 2.32. The van der Waals surface area contributed by atoms with E-state index in [4.69, 9.17) is 4.74 Å². The molecule has 2 rings (SSSR count). The summed E-state index contributed by atoms with van der Waals surface area (Å²) >= 11 is 0. The molecule has 2 aromatic carbocycles. The van der Waals surface area contributed by atoms with Crippen molar-refractivity contribution >= 4 is 10.0 Å². The number of methoxy groups -OCH3 is 1. The number of benzene rings is 2. The maximum absolute atomic E-state index is 13.2. The Kier molecular flexibility index (Phi) is 6.71. The van der Waals surface area contributed by atoms with Gasteiger partial charge in [-0.15, -0.1) is 0 Å². The highest BCUT2D eigenvalue weighted by Gasteiger charge is 2.24. The Balaban J connectivity index is 2.45. The van der Waals surface area contributed by atoms with Crippen LogP contribution in [0.2, 0.25) is 0 Å². The van der Waals surface area contributed by atoms with Gasteiger partial charge in [-0.05, 0) is 73.1 Å². The van der Waals surface area contributed by atoms with Crippen LogP contribution in [0.25, 0.3) is 0 Å². The zero-order valence-electron chi connectivity index (χ0n) is 17.4. The summed E-state index contributed by atoms with van der Waals surface area (Å²) in [7, 11) is -2.05. The molecule has 0 saturated heterocycles. The van der Waals surface area contributed by atoms with Crippen molar-refractivity contribution in [2.24, 2.45) is 0 Å². The summed E-state index contributed by atoms with van der Waals surface area (Å²) in [6, 6.07) is 9.39. The van der Waals surface area contributed by atoms with Crippen LogP contribution in [0.15, 0.2) is 35.2 Å². The highest BCUT2D eigenvalue weighted by molar-refractivity contribution is 7.89. The van der Waals surface area contributed by atoms with Gasteiger partial charge in [0.2, 0.25) is 10.0 Å². The van der Waals surface area contributed by atoms with Crippen molar-refractivity contribution in [2.45, 2.75) is 64.8 Å². The summed E-state index contributed by atoms with van der Waals surface area (Å²) in [4.78, 5) is 0.314. The van der Waals surface area contributed by atoms with Crippen LogP contribution in [0.3, 0.4) is 0 Å². The molecule has 2 aromatic rings. The highest BCUT2D eigenvalue weighted by atomic mass is 32.2. The van der Waals surface area contributed by atoms with Crippen LogP contribution in [0.1, 0.15) is 67.0 Å². The quantitative estimate of drug-likeness (QED) is 0.710. The standard InChI is InChI=1S/C22H31NO3S/c1-8-20(18-10-9-15(4)16(5)11-18)23-27(24,25)22-13-19(14(2)3)21(26-7)12-17(22)6/h9-14,20,23H,8H2,1-7H3/t20-/m1/s1. The first-order valence-electron chi connectivity index (χ1n) is 9.38. The molecule has 0 fully saturated rings. The largest absolute Gasteiger partial charge is 0.496 e. The Labute approximate surface area is 164 Å². The van der Waals surface area contributed by atoms with Crippen molar-refractivity contribution < 1.29 is 13.2 Å². The van der Waals surface area contributed by atoms with Crippen molar-refractivity contribution in [3.8, 4) is 5.75 Å². The molecule has 1 atom stereocenters. The van der Waals surface area contributed by atoms with Crippen LogP contribution in [-0.2, 0) is 10.0 Å². The third-order valence-corrected chi connectivity index (χ3v) is 6.69. The minimum absolute atomic E-state index is 0.163. The smallest absolute Gasteiger partial charge is 0.241 e. The normalized spacial score (nSPS) is 13.0. The molecule has 0 amide bonds. The van der Waals surface area contributed by atoms with Crippen LogP contribution < -0.4 is 9.46 Å². The summed E-state index contributed by atoms with van der Waals surface area (Å²) in [5.41, 5.74) is 4.91. The molecule has 0 spiro atoms. The lowest BCUT2D eigenvalue weighted by Gasteiger charge is -2.21. The summed E-state index contributed by atoms with van der Waals surface area (Å²) < 4.78 is 34.7. The second kappa shape index (κ2) is 8.44. The molecule has 0 aliphatic rings. The van der Waals surface area contributed by atoms with Gasteiger partial charge in [0.15, 0.2) is 0 Å². The maximum atomic E-state index is 13.2. The molecule has 0 radical (unpaired) electrons. The van der Waals surface area contributed by atoms with E-state index in [1.807, 2.05) is 39.8 Å². The van der Waals surface area contributed by atoms with E-state index in [1.165, 1.54) is 5.56 Å². The summed E-state index contributed by atoms with van der Waals surface area (Å²) in [6.07, 6.45) is 0.675. The molecular weight excluding hydrogens is 358 g/mol. The molecular formula is C22H31NO3S. The minimum atomic E-state index is -3.66. The minimum Gasteiger partial charge on any atom is -0.496 e. The van der Waals surface area contributed by atoms with Crippen LogP contribution in [0.4, 0.5) is 0 Å². The van der Waals surface area contributed by atoms with Crippen LogP contribution in [0, 0.1) is 20.8 Å². The molecule has 0 heterocycles. The third-order valence-electron chi connectivity index (χ3n) is 5.08. The molecule has 1 N–H and O–H groups in total. The molecule has 0 saturated carbocycles. The molecule has 0 unspecified atom stereocenters. The van der Waals surface area contributed by atoms with Gasteiger partial charge in [0.1, 0.15) is 5.75 Å². The first-order valence-corrected chi connectivity index (χ1v) is 10.9. The van der Waals surface area contributed by atoms with Gasteiger partial charge in [0.05, 0.1) is 12.0 Å². The van der Waals surface area contributed by atoms with E-state index >= 15 is 0 Å². The number of rotatable bonds is 7. The van der Waals surface area contributed by atoms with Gasteiger partial charge in [-0.1, -0.05) is 39.0 Å². The number of sulfonamides is 1. The first-order chi connectivity index (χ1) is 12.6. The number of nitrogens with one attached hydrogen (secondary N) is 1. The molecule has 0 aromatic heterocycles. The van der Waals surface area contributed by atoms with E-state index in [2.05, 4.69) is 17.7 Å². The summed E-state index contributed by atoms with van der Waals surface area (Å²) in [6.45, 7) is 11.9. The Morgan fingerprint density at radius 3 is 2.19 bits per heavy atom. The first kappa shape index (κ1) is 21.5. The lowest BCUT2D eigenvalue weighted by atomic mass is 10.0.